The SMILES string of the molecule is COc1ccc(/C=C/c2ccc(O)c3c2C[C@H]2C[C@@H](CCO)[C@@](O)(C(=O)CC(N)=O)C(=O)C2C3=O)cc1OC. The van der Waals surface area contributed by atoms with Crippen molar-refractivity contribution < 1.29 is 44.0 Å². The zero-order valence-electron chi connectivity index (χ0n) is 21.7. The Morgan fingerprint density at radius 2 is 1.82 bits per heavy atom. The molecule has 2 aliphatic rings. The molecule has 2 aromatic rings. The predicted molar refractivity (Wildman–Crippen MR) is 140 cm³/mol. The normalized spacial score (nSPS) is 24.3. The second kappa shape index (κ2) is 11.0. The third-order valence-corrected chi connectivity index (χ3v) is 7.73. The topological polar surface area (TPSA) is 173 Å². The molecule has 10 nitrogen and oxygen atoms in total. The van der Waals surface area contributed by atoms with Gasteiger partial charge < -0.3 is 30.5 Å². The van der Waals surface area contributed by atoms with Crippen LogP contribution in [-0.4, -0.2) is 65.0 Å². The minimum absolute atomic E-state index is 0.0376. The standard InChI is InChI=1S/C29H31NO9/c1-38-21-8-4-15(11-22(21)39-2)3-5-16-6-7-20(32)26-19(16)13-17-12-18(9-10-31)29(37,23(33)14-24(30)34)28(36)25(17)27(26)35/h3-8,11,17-18,25,31-32,37H,9-10,12-14H2,1-2H3,(H2,30,34)/b5-3+/t17-,18-,25?,29-/m1/s1. The van der Waals surface area contributed by atoms with Gasteiger partial charge in [0.05, 0.1) is 32.1 Å². The first kappa shape index (κ1) is 28.0. The van der Waals surface area contributed by atoms with Crippen molar-refractivity contribution >= 4 is 35.4 Å². The summed E-state index contributed by atoms with van der Waals surface area (Å²) in [4.78, 5) is 51.5. The molecule has 0 bridgehead atoms. The maximum atomic E-state index is 13.7. The molecule has 10 heteroatoms. The third-order valence-electron chi connectivity index (χ3n) is 7.73. The van der Waals surface area contributed by atoms with Crippen LogP contribution in [0.1, 0.15) is 46.3 Å². The Kier molecular flexibility index (Phi) is 7.89. The number of rotatable bonds is 9. The maximum absolute atomic E-state index is 13.7. The summed E-state index contributed by atoms with van der Waals surface area (Å²) in [5.41, 5.74) is 4.46. The molecule has 0 saturated heterocycles. The molecule has 0 spiro atoms. The summed E-state index contributed by atoms with van der Waals surface area (Å²) in [5, 5.41) is 31.5. The lowest BCUT2D eigenvalue weighted by Gasteiger charge is -2.46. The first-order chi connectivity index (χ1) is 18.6. The lowest BCUT2D eigenvalue weighted by molar-refractivity contribution is -0.167. The molecule has 1 amide bonds. The van der Waals surface area contributed by atoms with E-state index in [0.717, 1.165) is 5.56 Å². The van der Waals surface area contributed by atoms with Gasteiger partial charge in [-0.15, -0.1) is 0 Å². The summed E-state index contributed by atoms with van der Waals surface area (Å²) in [6, 6.07) is 8.40. The van der Waals surface area contributed by atoms with Crippen LogP contribution in [0.3, 0.4) is 0 Å². The van der Waals surface area contributed by atoms with Gasteiger partial charge in [-0.05, 0) is 60.1 Å². The predicted octanol–water partition coefficient (Wildman–Crippen LogP) is 1.70. The van der Waals surface area contributed by atoms with Gasteiger partial charge in [0.2, 0.25) is 5.91 Å². The average molecular weight is 538 g/mol. The fourth-order valence-corrected chi connectivity index (χ4v) is 5.86. The second-order valence-corrected chi connectivity index (χ2v) is 9.92. The minimum atomic E-state index is -2.63. The van der Waals surface area contributed by atoms with Crippen LogP contribution >= 0.6 is 0 Å². The molecule has 2 aromatic carbocycles. The Labute approximate surface area is 225 Å². The number of benzene rings is 2. The van der Waals surface area contributed by atoms with Crippen LogP contribution < -0.4 is 15.2 Å². The van der Waals surface area contributed by atoms with Crippen LogP contribution in [0.25, 0.3) is 12.2 Å². The van der Waals surface area contributed by atoms with Crippen LogP contribution in [-0.2, 0) is 20.8 Å². The van der Waals surface area contributed by atoms with E-state index in [-0.39, 0.29) is 30.6 Å². The molecule has 1 saturated carbocycles. The van der Waals surface area contributed by atoms with Crippen LogP contribution in [0, 0.1) is 17.8 Å². The summed E-state index contributed by atoms with van der Waals surface area (Å²) >= 11 is 0. The number of aliphatic hydroxyl groups is 2. The monoisotopic (exact) mass is 537 g/mol. The summed E-state index contributed by atoms with van der Waals surface area (Å²) in [6.45, 7) is -0.411. The van der Waals surface area contributed by atoms with E-state index in [2.05, 4.69) is 0 Å². The van der Waals surface area contributed by atoms with Gasteiger partial charge >= 0.3 is 0 Å². The van der Waals surface area contributed by atoms with Crippen molar-refractivity contribution in [2.24, 2.45) is 23.5 Å². The molecular weight excluding hydrogens is 506 g/mol. The van der Waals surface area contributed by atoms with Gasteiger partial charge in [-0.25, -0.2) is 0 Å². The number of carbonyl (C=O) groups excluding carboxylic acids is 4. The van der Waals surface area contributed by atoms with E-state index in [0.29, 0.717) is 22.6 Å². The number of primary amides is 1. The van der Waals surface area contributed by atoms with E-state index in [1.54, 1.807) is 24.3 Å². The number of phenolic OH excluding ortho intramolecular Hbond substituents is 1. The molecule has 0 aromatic heterocycles. The Morgan fingerprint density at radius 1 is 1.10 bits per heavy atom. The summed E-state index contributed by atoms with van der Waals surface area (Å²) < 4.78 is 10.6. The number of ketones is 3. The zero-order chi connectivity index (χ0) is 28.5. The second-order valence-electron chi connectivity index (χ2n) is 9.92. The van der Waals surface area contributed by atoms with Crippen molar-refractivity contribution in [1.82, 2.24) is 0 Å². The van der Waals surface area contributed by atoms with Crippen molar-refractivity contribution in [2.75, 3.05) is 20.8 Å². The summed E-state index contributed by atoms with van der Waals surface area (Å²) in [5.74, 6) is -5.99. The van der Waals surface area contributed by atoms with Gasteiger partial charge in [-0.2, -0.15) is 0 Å². The quantitative estimate of drug-likeness (QED) is 0.274. The van der Waals surface area contributed by atoms with Crippen molar-refractivity contribution in [1.29, 1.82) is 0 Å². The smallest absolute Gasteiger partial charge is 0.225 e. The van der Waals surface area contributed by atoms with Crippen LogP contribution in [0.15, 0.2) is 30.3 Å². The molecule has 4 rings (SSSR count). The van der Waals surface area contributed by atoms with Crippen molar-refractivity contribution in [2.45, 2.75) is 31.3 Å². The lowest BCUT2D eigenvalue weighted by Crippen LogP contribution is -2.63. The van der Waals surface area contributed by atoms with Gasteiger partial charge in [-0.1, -0.05) is 24.3 Å². The molecule has 1 unspecified atom stereocenters. The zero-order valence-corrected chi connectivity index (χ0v) is 21.7. The van der Waals surface area contributed by atoms with E-state index in [4.69, 9.17) is 15.2 Å². The highest BCUT2D eigenvalue weighted by molar-refractivity contribution is 6.24. The van der Waals surface area contributed by atoms with E-state index < -0.39 is 59.6 Å². The first-order valence-corrected chi connectivity index (χ1v) is 12.5. The number of Topliss-reactive ketones (excluding diaryl/α,β-unsaturated/α-hetero) is 3. The number of hydrogen-bond acceptors (Lipinski definition) is 9. The fraction of sp³-hybridized carbons (Fsp3) is 0.379. The van der Waals surface area contributed by atoms with E-state index in [1.165, 1.54) is 20.3 Å². The molecule has 0 aliphatic heterocycles. The highest BCUT2D eigenvalue weighted by Gasteiger charge is 2.60. The van der Waals surface area contributed by atoms with Gasteiger partial charge in [0.15, 0.2) is 34.4 Å². The molecule has 206 valence electrons. The van der Waals surface area contributed by atoms with Crippen LogP contribution in [0.4, 0.5) is 0 Å². The number of amides is 1. The molecule has 1 fully saturated rings. The van der Waals surface area contributed by atoms with E-state index >= 15 is 0 Å². The Morgan fingerprint density at radius 3 is 2.46 bits per heavy atom. The molecule has 0 radical (unpaired) electrons. The Hall–Kier alpha value is -4.02. The lowest BCUT2D eigenvalue weighted by atomic mass is 9.57. The summed E-state index contributed by atoms with van der Waals surface area (Å²) in [6.07, 6.45) is 2.95. The number of fused-ring (bicyclic) bond motifs is 2. The van der Waals surface area contributed by atoms with Gasteiger partial charge in [0, 0.05) is 12.5 Å². The van der Waals surface area contributed by atoms with Crippen LogP contribution in [0.2, 0.25) is 0 Å². The third kappa shape index (κ3) is 4.93. The summed E-state index contributed by atoms with van der Waals surface area (Å²) in [7, 11) is 3.07. The molecule has 39 heavy (non-hydrogen) atoms. The molecule has 0 heterocycles. The molecule has 4 atom stereocenters. The van der Waals surface area contributed by atoms with Crippen LogP contribution in [0.5, 0.6) is 17.2 Å². The first-order valence-electron chi connectivity index (χ1n) is 12.5. The minimum Gasteiger partial charge on any atom is -0.507 e. The van der Waals surface area contributed by atoms with Gasteiger partial charge in [0.25, 0.3) is 0 Å². The number of ether oxygens (including phenoxy) is 2. The number of aromatic hydroxyl groups is 1. The number of phenols is 1. The van der Waals surface area contributed by atoms with E-state index in [1.807, 2.05) is 12.1 Å². The maximum Gasteiger partial charge on any atom is 0.225 e. The Bertz CT molecular complexity index is 1360. The number of carbonyl (C=O) groups is 4. The highest BCUT2D eigenvalue weighted by Crippen LogP contribution is 2.48. The average Bonchev–Trinajstić information content (AvgIpc) is 2.90. The number of methoxy groups -OCH3 is 2. The van der Waals surface area contributed by atoms with Gasteiger partial charge in [-0.3, -0.25) is 19.2 Å². The van der Waals surface area contributed by atoms with E-state index in [9.17, 15) is 34.5 Å². The van der Waals surface area contributed by atoms with Crippen molar-refractivity contribution in [3.63, 3.8) is 0 Å². The Balaban J connectivity index is 1.74. The molecular formula is C29H31NO9. The van der Waals surface area contributed by atoms with Crippen molar-refractivity contribution in [3.8, 4) is 17.2 Å². The van der Waals surface area contributed by atoms with Gasteiger partial charge in [0.1, 0.15) is 5.75 Å². The fourth-order valence-electron chi connectivity index (χ4n) is 5.86. The number of nitrogens with two attached hydrogens (primary N) is 1. The molecule has 5 N–H and O–H groups in total. The largest absolute Gasteiger partial charge is 0.507 e. The molecule has 2 aliphatic carbocycles. The highest BCUT2D eigenvalue weighted by atomic mass is 16.5. The number of hydrogen-bond donors (Lipinski definition) is 4. The van der Waals surface area contributed by atoms with Crippen molar-refractivity contribution in [3.05, 3.63) is 52.6 Å². The number of aliphatic hydroxyl groups excluding tert-OH is 1.